The van der Waals surface area contributed by atoms with Crippen LogP contribution in [-0.2, 0) is 14.8 Å². The molecule has 0 bridgehead atoms. The lowest BCUT2D eigenvalue weighted by Crippen LogP contribution is -2.31. The molecule has 0 aromatic heterocycles. The molecule has 1 heterocycles. The minimum atomic E-state index is -3.57. The number of Topliss-reactive ketones (excluding diaryl/α,β-unsaturated/α-hetero) is 1. The van der Waals surface area contributed by atoms with E-state index in [0.717, 1.165) is 42.4 Å². The molecule has 0 radical (unpaired) electrons. The molecule has 0 unspecified atom stereocenters. The zero-order valence-corrected chi connectivity index (χ0v) is 19.1. The highest BCUT2D eigenvalue weighted by Gasteiger charge is 2.25. The molecule has 31 heavy (non-hydrogen) atoms. The highest BCUT2D eigenvalue weighted by atomic mass is 32.2. The third-order valence-electron chi connectivity index (χ3n) is 5.77. The van der Waals surface area contributed by atoms with E-state index in [1.54, 1.807) is 0 Å². The second kappa shape index (κ2) is 9.75. The van der Waals surface area contributed by atoms with Crippen LogP contribution in [0.2, 0.25) is 0 Å². The van der Waals surface area contributed by atoms with Gasteiger partial charge in [0.25, 0.3) is 0 Å². The molecular formula is C24H29NO5S. The maximum atomic E-state index is 12.8. The summed E-state index contributed by atoms with van der Waals surface area (Å²) in [7, 11) is -3.57. The topological polar surface area (TPSA) is 80.8 Å². The monoisotopic (exact) mass is 443 g/mol. The van der Waals surface area contributed by atoms with Crippen LogP contribution in [0.5, 0.6) is 0 Å². The fourth-order valence-corrected chi connectivity index (χ4v) is 5.26. The van der Waals surface area contributed by atoms with E-state index in [4.69, 9.17) is 4.74 Å². The molecule has 2 aromatic rings. The van der Waals surface area contributed by atoms with Gasteiger partial charge in [-0.05, 0) is 80.6 Å². The summed E-state index contributed by atoms with van der Waals surface area (Å²) in [5.74, 6) is -0.928. The lowest BCUT2D eigenvalue weighted by molar-refractivity contribution is 0.0474. The highest BCUT2D eigenvalue weighted by molar-refractivity contribution is 7.89. The van der Waals surface area contributed by atoms with Gasteiger partial charge in [-0.3, -0.25) is 4.79 Å². The first-order valence-electron chi connectivity index (χ1n) is 10.6. The van der Waals surface area contributed by atoms with Gasteiger partial charge in [-0.25, -0.2) is 13.2 Å². The van der Waals surface area contributed by atoms with Crippen molar-refractivity contribution in [3.63, 3.8) is 0 Å². The number of hydrogen-bond donors (Lipinski definition) is 0. The molecule has 0 N–H and O–H groups in total. The van der Waals surface area contributed by atoms with Gasteiger partial charge in [-0.2, -0.15) is 4.31 Å². The third kappa shape index (κ3) is 5.40. The number of nitrogens with zero attached hydrogens (tertiary/aromatic N) is 1. The van der Waals surface area contributed by atoms with Crippen molar-refractivity contribution in [3.05, 3.63) is 64.2 Å². The van der Waals surface area contributed by atoms with Crippen LogP contribution >= 0.6 is 0 Å². The number of ether oxygens (including phenoxy) is 1. The maximum absolute atomic E-state index is 12.8. The van der Waals surface area contributed by atoms with Crippen molar-refractivity contribution in [2.24, 2.45) is 0 Å². The first kappa shape index (κ1) is 23.2. The molecule has 0 aliphatic carbocycles. The minimum Gasteiger partial charge on any atom is -0.454 e. The predicted octanol–water partition coefficient (Wildman–Crippen LogP) is 4.22. The van der Waals surface area contributed by atoms with Gasteiger partial charge in [-0.1, -0.05) is 18.9 Å². The summed E-state index contributed by atoms with van der Waals surface area (Å²) in [4.78, 5) is 25.0. The first-order chi connectivity index (χ1) is 14.7. The Labute approximate surface area is 184 Å². The lowest BCUT2D eigenvalue weighted by Gasteiger charge is -2.20. The van der Waals surface area contributed by atoms with Crippen LogP contribution in [0.15, 0.2) is 41.3 Å². The van der Waals surface area contributed by atoms with E-state index in [1.165, 1.54) is 28.6 Å². The van der Waals surface area contributed by atoms with Crippen LogP contribution in [-0.4, -0.2) is 44.2 Å². The standard InChI is InChI=1S/C24H29NO5S/c1-17-14-19(3)22(15-18(17)2)23(26)16-30-24(27)20-8-10-21(11-9-20)31(28,29)25-12-6-4-5-7-13-25/h8-11,14-15H,4-7,12-13,16H2,1-3H3. The molecule has 0 spiro atoms. The summed E-state index contributed by atoms with van der Waals surface area (Å²) in [6, 6.07) is 9.45. The molecule has 0 amide bonds. The molecule has 1 aliphatic rings. The summed E-state index contributed by atoms with van der Waals surface area (Å²) in [5, 5.41) is 0. The maximum Gasteiger partial charge on any atom is 0.338 e. The third-order valence-corrected chi connectivity index (χ3v) is 7.68. The van der Waals surface area contributed by atoms with Gasteiger partial charge in [0.2, 0.25) is 15.8 Å². The molecule has 1 fully saturated rings. The number of ketones is 1. The number of aryl methyl sites for hydroxylation is 3. The average molecular weight is 444 g/mol. The van der Waals surface area contributed by atoms with Gasteiger partial charge >= 0.3 is 5.97 Å². The van der Waals surface area contributed by atoms with E-state index in [2.05, 4.69) is 0 Å². The molecule has 0 atom stereocenters. The molecule has 6 nitrogen and oxygen atoms in total. The van der Waals surface area contributed by atoms with Crippen molar-refractivity contribution in [1.29, 1.82) is 0 Å². The fraction of sp³-hybridized carbons (Fsp3) is 0.417. The van der Waals surface area contributed by atoms with E-state index >= 15 is 0 Å². The van der Waals surface area contributed by atoms with Gasteiger partial charge in [0.05, 0.1) is 10.5 Å². The molecule has 166 valence electrons. The van der Waals surface area contributed by atoms with Crippen molar-refractivity contribution in [1.82, 2.24) is 4.31 Å². The normalized spacial score (nSPS) is 15.3. The first-order valence-corrected chi connectivity index (χ1v) is 12.0. The number of hydrogen-bond acceptors (Lipinski definition) is 5. The second-order valence-corrected chi connectivity index (χ2v) is 10.0. The molecule has 1 aliphatic heterocycles. The molecule has 0 saturated carbocycles. The van der Waals surface area contributed by atoms with Gasteiger partial charge in [-0.15, -0.1) is 0 Å². The number of esters is 1. The Hall–Kier alpha value is -2.51. The van der Waals surface area contributed by atoms with Gasteiger partial charge in [0.15, 0.2) is 6.61 Å². The SMILES string of the molecule is Cc1cc(C)c(C(=O)COC(=O)c2ccc(S(=O)(=O)N3CCCCCC3)cc2)cc1C. The largest absolute Gasteiger partial charge is 0.454 e. The zero-order chi connectivity index (χ0) is 22.6. The quantitative estimate of drug-likeness (QED) is 0.493. The summed E-state index contributed by atoms with van der Waals surface area (Å²) in [5.41, 5.74) is 3.68. The van der Waals surface area contributed by atoms with Crippen LogP contribution in [0.1, 0.15) is 63.1 Å². The molecule has 1 saturated heterocycles. The van der Waals surface area contributed by atoms with Crippen LogP contribution in [0, 0.1) is 20.8 Å². The Kier molecular flexibility index (Phi) is 7.28. The molecule has 3 rings (SSSR count). The molecular weight excluding hydrogens is 414 g/mol. The lowest BCUT2D eigenvalue weighted by atomic mass is 9.98. The van der Waals surface area contributed by atoms with Crippen molar-refractivity contribution in [2.45, 2.75) is 51.3 Å². The van der Waals surface area contributed by atoms with E-state index < -0.39 is 16.0 Å². The number of carbonyl (C=O) groups excluding carboxylic acids is 2. The van der Waals surface area contributed by atoms with E-state index in [0.29, 0.717) is 18.7 Å². The van der Waals surface area contributed by atoms with Crippen molar-refractivity contribution < 1.29 is 22.7 Å². The van der Waals surface area contributed by atoms with Crippen molar-refractivity contribution in [3.8, 4) is 0 Å². The molecule has 2 aromatic carbocycles. The number of rotatable bonds is 6. The van der Waals surface area contributed by atoms with Gasteiger partial charge < -0.3 is 4.74 Å². The summed E-state index contributed by atoms with van der Waals surface area (Å²) < 4.78 is 32.4. The summed E-state index contributed by atoms with van der Waals surface area (Å²) >= 11 is 0. The second-order valence-electron chi connectivity index (χ2n) is 8.09. The summed E-state index contributed by atoms with van der Waals surface area (Å²) in [6.45, 7) is 6.44. The summed E-state index contributed by atoms with van der Waals surface area (Å²) in [6.07, 6.45) is 3.80. The van der Waals surface area contributed by atoms with Crippen LogP contribution in [0.25, 0.3) is 0 Å². The van der Waals surface area contributed by atoms with Crippen LogP contribution in [0.4, 0.5) is 0 Å². The van der Waals surface area contributed by atoms with Crippen molar-refractivity contribution >= 4 is 21.8 Å². The Morgan fingerprint density at radius 1 is 0.871 bits per heavy atom. The minimum absolute atomic E-state index is 0.160. The van der Waals surface area contributed by atoms with Crippen molar-refractivity contribution in [2.75, 3.05) is 19.7 Å². The predicted molar refractivity (Wildman–Crippen MR) is 119 cm³/mol. The van der Waals surface area contributed by atoms with E-state index in [9.17, 15) is 18.0 Å². The van der Waals surface area contributed by atoms with Crippen LogP contribution < -0.4 is 0 Å². The van der Waals surface area contributed by atoms with Gasteiger partial charge in [0.1, 0.15) is 0 Å². The Balaban J connectivity index is 1.65. The smallest absolute Gasteiger partial charge is 0.338 e. The molecule has 7 heteroatoms. The van der Waals surface area contributed by atoms with Gasteiger partial charge in [0, 0.05) is 18.7 Å². The Morgan fingerprint density at radius 3 is 2.06 bits per heavy atom. The fourth-order valence-electron chi connectivity index (χ4n) is 3.75. The number of sulfonamides is 1. The Bertz CT molecular complexity index is 1070. The highest BCUT2D eigenvalue weighted by Crippen LogP contribution is 2.21. The number of carbonyl (C=O) groups is 2. The van der Waals surface area contributed by atoms with E-state index in [1.807, 2.05) is 32.9 Å². The van der Waals surface area contributed by atoms with Crippen LogP contribution in [0.3, 0.4) is 0 Å². The average Bonchev–Trinajstić information content (AvgIpc) is 3.04. The number of benzene rings is 2. The Morgan fingerprint density at radius 2 is 1.45 bits per heavy atom. The zero-order valence-electron chi connectivity index (χ0n) is 18.3. The van der Waals surface area contributed by atoms with E-state index in [-0.39, 0.29) is 22.8 Å².